The van der Waals surface area contributed by atoms with Gasteiger partial charge < -0.3 is 10.6 Å². The number of hydrogen-bond donors (Lipinski definition) is 2. The Balaban J connectivity index is 1.21. The molecule has 2 aromatic heterocycles. The zero-order valence-corrected chi connectivity index (χ0v) is 20.6. The van der Waals surface area contributed by atoms with Crippen LogP contribution < -0.4 is 10.6 Å². The van der Waals surface area contributed by atoms with Crippen LogP contribution in [0.5, 0.6) is 0 Å². The molecule has 188 valence electrons. The van der Waals surface area contributed by atoms with Gasteiger partial charge in [-0.25, -0.2) is 4.98 Å². The number of rotatable bonds is 5. The maximum atomic E-state index is 13.4. The second-order valence-corrected chi connectivity index (χ2v) is 10.4. The highest BCUT2D eigenvalue weighted by Gasteiger charge is 2.34. The van der Waals surface area contributed by atoms with Gasteiger partial charge in [0.1, 0.15) is 16.8 Å². The number of pyridine rings is 2. The lowest BCUT2D eigenvalue weighted by Gasteiger charge is -2.31. The summed E-state index contributed by atoms with van der Waals surface area (Å²) < 4.78 is 40.2. The Kier molecular flexibility index (Phi) is 7.07. The average Bonchev–Trinajstić information content (AvgIpc) is 3.36. The highest BCUT2D eigenvalue weighted by atomic mass is 35.5. The molecule has 1 atom stereocenters. The molecule has 3 heterocycles. The summed E-state index contributed by atoms with van der Waals surface area (Å²) >= 11 is 7.64. The first-order valence-corrected chi connectivity index (χ1v) is 13.0. The highest BCUT2D eigenvalue weighted by molar-refractivity contribution is 8.14. The first-order valence-electron chi connectivity index (χ1n) is 11.6. The number of amides is 1. The molecule has 0 bridgehead atoms. The third kappa shape index (κ3) is 5.59. The Morgan fingerprint density at radius 3 is 2.58 bits per heavy atom. The maximum absolute atomic E-state index is 13.4. The van der Waals surface area contributed by atoms with Gasteiger partial charge in [0.2, 0.25) is 5.91 Å². The molecule has 1 aliphatic heterocycles. The summed E-state index contributed by atoms with van der Waals surface area (Å²) in [6.07, 6.45) is 1.74. The number of aromatic nitrogens is 2. The summed E-state index contributed by atoms with van der Waals surface area (Å²) in [5, 5.41) is 8.17. The molecule has 1 aromatic carbocycles. The van der Waals surface area contributed by atoms with Crippen LogP contribution in [0.15, 0.2) is 53.8 Å². The Morgan fingerprint density at radius 1 is 1.08 bits per heavy atom. The van der Waals surface area contributed by atoms with E-state index in [9.17, 15) is 18.0 Å². The van der Waals surface area contributed by atoms with E-state index < -0.39 is 17.9 Å². The lowest BCUT2D eigenvalue weighted by molar-refractivity contribution is -0.140. The van der Waals surface area contributed by atoms with Gasteiger partial charge >= 0.3 is 6.18 Å². The number of fused-ring (bicyclic) bond motifs is 1. The standard InChI is InChI=1S/C25H23ClF3N5OS/c26-15-3-8-19-18(10-15)20(11-22(33-19)25(27,28)29)31-16-4-6-17(7-5-16)32-23(35)21-13-36-24(34-21)14-2-1-9-30-12-14/h1-3,8-12,16-17,21H,4-7,13H2,(H,31,33)(H,32,35). The van der Waals surface area contributed by atoms with Crippen LogP contribution in [-0.2, 0) is 11.0 Å². The third-order valence-electron chi connectivity index (χ3n) is 6.36. The largest absolute Gasteiger partial charge is 0.433 e. The van der Waals surface area contributed by atoms with Gasteiger partial charge in [0.05, 0.1) is 5.52 Å². The number of nitrogens with zero attached hydrogens (tertiary/aromatic N) is 3. The molecule has 0 saturated heterocycles. The Hall–Kier alpha value is -2.85. The number of carbonyl (C=O) groups excluding carboxylic acids is 1. The average molecular weight is 534 g/mol. The zero-order valence-electron chi connectivity index (χ0n) is 19.1. The number of alkyl halides is 3. The molecule has 1 fully saturated rings. The number of carbonyl (C=O) groups is 1. The number of anilines is 1. The van der Waals surface area contributed by atoms with Gasteiger partial charge in [0.15, 0.2) is 0 Å². The topological polar surface area (TPSA) is 79.3 Å². The minimum absolute atomic E-state index is 0.00700. The molecule has 6 nitrogen and oxygen atoms in total. The van der Waals surface area contributed by atoms with Gasteiger partial charge in [0, 0.05) is 51.9 Å². The van der Waals surface area contributed by atoms with Crippen LogP contribution in [-0.4, -0.2) is 44.8 Å². The van der Waals surface area contributed by atoms with Crippen LogP contribution >= 0.6 is 23.4 Å². The predicted octanol–water partition coefficient (Wildman–Crippen LogP) is 5.70. The van der Waals surface area contributed by atoms with Gasteiger partial charge in [0.25, 0.3) is 0 Å². The Morgan fingerprint density at radius 2 is 1.86 bits per heavy atom. The molecule has 11 heteroatoms. The molecule has 2 aliphatic rings. The van der Waals surface area contributed by atoms with Gasteiger partial charge in [-0.2, -0.15) is 13.2 Å². The molecule has 0 radical (unpaired) electrons. The fraction of sp³-hybridized carbons (Fsp3) is 0.360. The minimum atomic E-state index is -4.55. The molecular formula is C25H23ClF3N5OS. The van der Waals surface area contributed by atoms with E-state index in [1.165, 1.54) is 12.1 Å². The zero-order chi connectivity index (χ0) is 25.3. The van der Waals surface area contributed by atoms with E-state index in [0.717, 1.165) is 29.5 Å². The molecule has 1 unspecified atom stereocenters. The van der Waals surface area contributed by atoms with E-state index in [4.69, 9.17) is 11.6 Å². The molecule has 1 saturated carbocycles. The number of thioether (sulfide) groups is 1. The number of hydrogen-bond acceptors (Lipinski definition) is 6. The summed E-state index contributed by atoms with van der Waals surface area (Å²) in [7, 11) is 0. The second-order valence-electron chi connectivity index (χ2n) is 8.92. The van der Waals surface area contributed by atoms with Crippen molar-refractivity contribution in [3.05, 3.63) is 65.1 Å². The van der Waals surface area contributed by atoms with Gasteiger partial charge in [-0.1, -0.05) is 11.6 Å². The van der Waals surface area contributed by atoms with Crippen molar-refractivity contribution in [2.24, 2.45) is 4.99 Å². The number of aliphatic imine (C=N–C) groups is 1. The van der Waals surface area contributed by atoms with Gasteiger partial charge in [-0.15, -0.1) is 11.8 Å². The minimum Gasteiger partial charge on any atom is -0.382 e. The van der Waals surface area contributed by atoms with E-state index in [-0.39, 0.29) is 23.5 Å². The first kappa shape index (κ1) is 24.8. The Bertz CT molecular complexity index is 1300. The first-order chi connectivity index (χ1) is 17.3. The maximum Gasteiger partial charge on any atom is 0.433 e. The smallest absolute Gasteiger partial charge is 0.382 e. The molecule has 0 spiro atoms. The fourth-order valence-electron chi connectivity index (χ4n) is 4.52. The summed E-state index contributed by atoms with van der Waals surface area (Å²) in [6.45, 7) is 0. The van der Waals surface area contributed by atoms with E-state index in [0.29, 0.717) is 34.7 Å². The lowest BCUT2D eigenvalue weighted by Crippen LogP contribution is -2.44. The second kappa shape index (κ2) is 10.3. The van der Waals surface area contributed by atoms with E-state index in [1.54, 1.807) is 30.2 Å². The SMILES string of the molecule is O=C(NC1CCC(Nc2cc(C(F)(F)F)nc3ccc(Cl)cc23)CC1)C1CSC(c2cccnc2)=N1. The molecule has 2 N–H and O–H groups in total. The molecule has 5 rings (SSSR count). The summed E-state index contributed by atoms with van der Waals surface area (Å²) in [4.78, 5) is 25.2. The molecular weight excluding hydrogens is 511 g/mol. The van der Waals surface area contributed by atoms with Crippen molar-refractivity contribution in [2.75, 3.05) is 11.1 Å². The van der Waals surface area contributed by atoms with Crippen molar-refractivity contribution < 1.29 is 18.0 Å². The van der Waals surface area contributed by atoms with Crippen molar-refractivity contribution in [3.63, 3.8) is 0 Å². The molecule has 1 amide bonds. The number of benzene rings is 1. The fourth-order valence-corrected chi connectivity index (χ4v) is 5.72. The van der Waals surface area contributed by atoms with Crippen molar-refractivity contribution in [2.45, 2.75) is 50.0 Å². The van der Waals surface area contributed by atoms with E-state index >= 15 is 0 Å². The van der Waals surface area contributed by atoms with Gasteiger partial charge in [-0.05, 0) is 62.1 Å². The van der Waals surface area contributed by atoms with Crippen LogP contribution in [0.3, 0.4) is 0 Å². The van der Waals surface area contributed by atoms with Crippen molar-refractivity contribution in [1.82, 2.24) is 15.3 Å². The number of nitrogens with one attached hydrogen (secondary N) is 2. The molecule has 36 heavy (non-hydrogen) atoms. The monoisotopic (exact) mass is 533 g/mol. The van der Waals surface area contributed by atoms with Crippen LogP contribution in [0, 0.1) is 0 Å². The lowest BCUT2D eigenvalue weighted by atomic mass is 9.90. The van der Waals surface area contributed by atoms with Crippen molar-refractivity contribution >= 4 is 50.9 Å². The quantitative estimate of drug-likeness (QED) is 0.439. The third-order valence-corrected chi connectivity index (χ3v) is 7.69. The summed E-state index contributed by atoms with van der Waals surface area (Å²) in [5.41, 5.74) is 0.560. The molecule has 3 aromatic rings. The molecule has 1 aliphatic carbocycles. The van der Waals surface area contributed by atoms with Crippen LogP contribution in [0.25, 0.3) is 10.9 Å². The summed E-state index contributed by atoms with van der Waals surface area (Å²) in [5.74, 6) is 0.494. The Labute approximate surface area is 215 Å². The van der Waals surface area contributed by atoms with E-state index in [2.05, 4.69) is 25.6 Å². The van der Waals surface area contributed by atoms with Crippen LogP contribution in [0.1, 0.15) is 36.9 Å². The van der Waals surface area contributed by atoms with E-state index in [1.807, 2.05) is 12.1 Å². The summed E-state index contributed by atoms with van der Waals surface area (Å²) in [6, 6.07) is 9.00. The predicted molar refractivity (Wildman–Crippen MR) is 137 cm³/mol. The highest BCUT2D eigenvalue weighted by Crippen LogP contribution is 2.35. The van der Waals surface area contributed by atoms with Crippen LogP contribution in [0.4, 0.5) is 18.9 Å². The van der Waals surface area contributed by atoms with Gasteiger partial charge in [-0.3, -0.25) is 14.8 Å². The number of halogens is 4. The van der Waals surface area contributed by atoms with Crippen molar-refractivity contribution in [1.29, 1.82) is 0 Å². The van der Waals surface area contributed by atoms with Crippen molar-refractivity contribution in [3.8, 4) is 0 Å². The normalized spacial score (nSPS) is 22.3. The van der Waals surface area contributed by atoms with Crippen LogP contribution in [0.2, 0.25) is 5.02 Å².